The maximum absolute atomic E-state index is 12.0. The molecule has 1 rings (SSSR count). The highest BCUT2D eigenvalue weighted by molar-refractivity contribution is 5.14. The minimum Gasteiger partial charge on any atom is -0.313 e. The molecule has 0 aromatic carbocycles. The van der Waals surface area contributed by atoms with Gasteiger partial charge in [-0.2, -0.15) is 13.2 Å². The zero-order valence-corrected chi connectivity index (χ0v) is 9.09. The highest BCUT2D eigenvalue weighted by atomic mass is 19.4. The molecule has 0 saturated carbocycles. The van der Waals surface area contributed by atoms with Crippen LogP contribution in [0.3, 0.4) is 0 Å². The highest BCUT2D eigenvalue weighted by Crippen LogP contribution is 2.25. The number of alkyl halides is 3. The first-order valence-corrected chi connectivity index (χ1v) is 5.17. The van der Waals surface area contributed by atoms with Gasteiger partial charge in [0.2, 0.25) is 0 Å². The van der Waals surface area contributed by atoms with Crippen molar-refractivity contribution < 1.29 is 13.2 Å². The largest absolute Gasteiger partial charge is 0.389 e. The number of nitrogens with zero attached hydrogens (tertiary/aromatic N) is 1. The van der Waals surface area contributed by atoms with Crippen LogP contribution in [0.4, 0.5) is 13.2 Å². The van der Waals surface area contributed by atoms with Gasteiger partial charge in [0, 0.05) is 24.9 Å². The third-order valence-electron chi connectivity index (χ3n) is 2.41. The number of hydrogen-bond acceptors (Lipinski definition) is 2. The van der Waals surface area contributed by atoms with Crippen molar-refractivity contribution in [2.75, 3.05) is 7.05 Å². The fraction of sp³-hybridized carbons (Fsp3) is 0.545. The third kappa shape index (κ3) is 4.61. The SMILES string of the molecule is CNC(CCCC(F)(F)F)c1ccncc1. The van der Waals surface area contributed by atoms with Gasteiger partial charge in [0.25, 0.3) is 0 Å². The number of hydrogen-bond donors (Lipinski definition) is 1. The van der Waals surface area contributed by atoms with Gasteiger partial charge in [0.15, 0.2) is 0 Å². The maximum Gasteiger partial charge on any atom is 0.389 e. The van der Waals surface area contributed by atoms with Crippen LogP contribution in [-0.2, 0) is 0 Å². The van der Waals surface area contributed by atoms with Crippen LogP contribution in [0.1, 0.15) is 30.9 Å². The Kier molecular flexibility index (Phi) is 4.73. The fourth-order valence-corrected chi connectivity index (χ4v) is 1.58. The molecule has 0 radical (unpaired) electrons. The molecule has 0 spiro atoms. The standard InChI is InChI=1S/C11H15F3N2/c1-15-10(3-2-6-11(12,13)14)9-4-7-16-8-5-9/h4-5,7-8,10,15H,2-3,6H2,1H3. The van der Waals surface area contributed by atoms with E-state index in [-0.39, 0.29) is 12.5 Å². The number of rotatable bonds is 5. The second-order valence-corrected chi connectivity index (χ2v) is 3.63. The zero-order valence-electron chi connectivity index (χ0n) is 9.09. The van der Waals surface area contributed by atoms with Crippen molar-refractivity contribution >= 4 is 0 Å². The van der Waals surface area contributed by atoms with E-state index in [4.69, 9.17) is 0 Å². The summed E-state index contributed by atoms with van der Waals surface area (Å²) in [5.41, 5.74) is 0.972. The quantitative estimate of drug-likeness (QED) is 0.843. The molecule has 16 heavy (non-hydrogen) atoms. The fourth-order valence-electron chi connectivity index (χ4n) is 1.58. The summed E-state index contributed by atoms with van der Waals surface area (Å²) in [7, 11) is 1.75. The lowest BCUT2D eigenvalue weighted by molar-refractivity contribution is -0.135. The van der Waals surface area contributed by atoms with E-state index in [0.29, 0.717) is 6.42 Å². The average Bonchev–Trinajstić information content (AvgIpc) is 2.24. The molecule has 0 bridgehead atoms. The van der Waals surface area contributed by atoms with Crippen LogP contribution in [0.25, 0.3) is 0 Å². The average molecular weight is 232 g/mol. The Hall–Kier alpha value is -1.10. The van der Waals surface area contributed by atoms with Crippen LogP contribution in [0, 0.1) is 0 Å². The third-order valence-corrected chi connectivity index (χ3v) is 2.41. The molecular weight excluding hydrogens is 217 g/mol. The summed E-state index contributed by atoms with van der Waals surface area (Å²) in [6, 6.07) is 3.59. The molecule has 90 valence electrons. The van der Waals surface area contributed by atoms with E-state index in [1.54, 1.807) is 19.4 Å². The molecule has 1 atom stereocenters. The molecule has 1 N–H and O–H groups in total. The van der Waals surface area contributed by atoms with Gasteiger partial charge in [-0.3, -0.25) is 4.98 Å². The van der Waals surface area contributed by atoms with Gasteiger partial charge < -0.3 is 5.32 Å². The Labute approximate surface area is 92.9 Å². The van der Waals surface area contributed by atoms with Gasteiger partial charge >= 0.3 is 6.18 Å². The minimum absolute atomic E-state index is 0.0367. The van der Waals surface area contributed by atoms with Crippen LogP contribution in [0.15, 0.2) is 24.5 Å². The molecular formula is C11H15F3N2. The van der Waals surface area contributed by atoms with Gasteiger partial charge in [-0.25, -0.2) is 0 Å². The van der Waals surface area contributed by atoms with Gasteiger partial charge in [-0.15, -0.1) is 0 Å². The first-order chi connectivity index (χ1) is 7.53. The van der Waals surface area contributed by atoms with Crippen molar-refractivity contribution in [3.8, 4) is 0 Å². The second-order valence-electron chi connectivity index (χ2n) is 3.63. The van der Waals surface area contributed by atoms with E-state index >= 15 is 0 Å². The van der Waals surface area contributed by atoms with Gasteiger partial charge in [-0.1, -0.05) is 0 Å². The normalized spacial score (nSPS) is 13.8. The lowest BCUT2D eigenvalue weighted by Crippen LogP contribution is -2.17. The van der Waals surface area contributed by atoms with Crippen molar-refractivity contribution in [3.05, 3.63) is 30.1 Å². The van der Waals surface area contributed by atoms with Crippen molar-refractivity contribution in [3.63, 3.8) is 0 Å². The molecule has 0 saturated heterocycles. The Balaban J connectivity index is 2.45. The molecule has 1 unspecified atom stereocenters. The summed E-state index contributed by atoms with van der Waals surface area (Å²) < 4.78 is 35.9. The zero-order chi connectivity index (χ0) is 12.0. The predicted molar refractivity (Wildman–Crippen MR) is 55.9 cm³/mol. The van der Waals surface area contributed by atoms with Crippen LogP contribution in [0.2, 0.25) is 0 Å². The van der Waals surface area contributed by atoms with Crippen LogP contribution in [-0.4, -0.2) is 18.2 Å². The van der Waals surface area contributed by atoms with E-state index in [9.17, 15) is 13.2 Å². The van der Waals surface area contributed by atoms with E-state index in [0.717, 1.165) is 5.56 Å². The maximum atomic E-state index is 12.0. The summed E-state index contributed by atoms with van der Waals surface area (Å²) in [6.45, 7) is 0. The van der Waals surface area contributed by atoms with Crippen molar-refractivity contribution in [2.45, 2.75) is 31.5 Å². The van der Waals surface area contributed by atoms with E-state index < -0.39 is 12.6 Å². The van der Waals surface area contributed by atoms with Crippen molar-refractivity contribution in [2.24, 2.45) is 0 Å². The first kappa shape index (κ1) is 13.0. The molecule has 1 aromatic heterocycles. The van der Waals surface area contributed by atoms with E-state index in [1.807, 2.05) is 12.1 Å². The smallest absolute Gasteiger partial charge is 0.313 e. The number of halogens is 3. The van der Waals surface area contributed by atoms with Gasteiger partial charge in [-0.05, 0) is 37.6 Å². The van der Waals surface area contributed by atoms with E-state index in [2.05, 4.69) is 10.3 Å². The van der Waals surface area contributed by atoms with Crippen molar-refractivity contribution in [1.82, 2.24) is 10.3 Å². The molecule has 0 amide bonds. The Morgan fingerprint density at radius 3 is 2.44 bits per heavy atom. The lowest BCUT2D eigenvalue weighted by atomic mass is 10.0. The molecule has 1 aromatic rings. The monoisotopic (exact) mass is 232 g/mol. The molecule has 5 heteroatoms. The Morgan fingerprint density at radius 2 is 1.94 bits per heavy atom. The second kappa shape index (κ2) is 5.84. The van der Waals surface area contributed by atoms with Crippen molar-refractivity contribution in [1.29, 1.82) is 0 Å². The topological polar surface area (TPSA) is 24.9 Å². The highest BCUT2D eigenvalue weighted by Gasteiger charge is 2.26. The summed E-state index contributed by atoms with van der Waals surface area (Å²) in [5.74, 6) is 0. The molecule has 0 aliphatic carbocycles. The Morgan fingerprint density at radius 1 is 1.31 bits per heavy atom. The number of nitrogens with one attached hydrogen (secondary N) is 1. The molecule has 1 heterocycles. The molecule has 0 aliphatic rings. The van der Waals surface area contributed by atoms with Crippen LogP contribution >= 0.6 is 0 Å². The van der Waals surface area contributed by atoms with Gasteiger partial charge in [0.05, 0.1) is 0 Å². The summed E-state index contributed by atoms with van der Waals surface area (Å²) in [4.78, 5) is 3.87. The number of pyridine rings is 1. The summed E-state index contributed by atoms with van der Waals surface area (Å²) >= 11 is 0. The van der Waals surface area contributed by atoms with Crippen LogP contribution in [0.5, 0.6) is 0 Å². The molecule has 0 aliphatic heterocycles. The predicted octanol–water partition coefficient (Wildman–Crippen LogP) is 3.07. The molecule has 0 fully saturated rings. The summed E-state index contributed by atoms with van der Waals surface area (Å²) in [6.07, 6.45) is -0.892. The number of aromatic nitrogens is 1. The van der Waals surface area contributed by atoms with E-state index in [1.165, 1.54) is 0 Å². The van der Waals surface area contributed by atoms with Gasteiger partial charge in [0.1, 0.15) is 0 Å². The lowest BCUT2D eigenvalue weighted by Gasteiger charge is -2.16. The Bertz CT molecular complexity index is 298. The summed E-state index contributed by atoms with van der Waals surface area (Å²) in [5, 5.41) is 3.01. The first-order valence-electron chi connectivity index (χ1n) is 5.17. The molecule has 2 nitrogen and oxygen atoms in total. The minimum atomic E-state index is -4.06. The van der Waals surface area contributed by atoms with Crippen LogP contribution < -0.4 is 5.32 Å².